The minimum Gasteiger partial charge on any atom is -0.489 e. The van der Waals surface area contributed by atoms with E-state index in [1.54, 1.807) is 0 Å². The molecule has 9 heteroatoms. The van der Waals surface area contributed by atoms with Crippen LogP contribution in [0.3, 0.4) is 0 Å². The highest BCUT2D eigenvalue weighted by Gasteiger charge is 2.06. The largest absolute Gasteiger partial charge is 0.489 e. The van der Waals surface area contributed by atoms with E-state index >= 15 is 0 Å². The molecule has 148 valence electrons. The molecular weight excluding hydrogens is 374 g/mol. The van der Waals surface area contributed by atoms with Crippen molar-refractivity contribution in [2.24, 2.45) is 5.10 Å². The van der Waals surface area contributed by atoms with Crippen LogP contribution in [0.5, 0.6) is 5.75 Å². The Morgan fingerprint density at radius 1 is 1.10 bits per heavy atom. The molecule has 1 aromatic heterocycles. The van der Waals surface area contributed by atoms with E-state index in [0.717, 1.165) is 16.9 Å². The predicted molar refractivity (Wildman–Crippen MR) is 107 cm³/mol. The van der Waals surface area contributed by atoms with Crippen LogP contribution < -0.4 is 21.4 Å². The maximum Gasteiger partial charge on any atom is 0.342 e. The number of H-pyrrole nitrogens is 2. The fraction of sp³-hybridized carbons (Fsp3) is 0.150. The number of aryl methyl sites for hydroxylation is 1. The quantitative estimate of drug-likeness (QED) is 0.390. The molecule has 2 aromatic carbocycles. The fourth-order valence-corrected chi connectivity index (χ4v) is 2.40. The van der Waals surface area contributed by atoms with Crippen LogP contribution in [0.25, 0.3) is 0 Å². The van der Waals surface area contributed by atoms with Gasteiger partial charge in [0, 0.05) is 12.8 Å². The topological polar surface area (TPSA) is 129 Å². The van der Waals surface area contributed by atoms with E-state index in [9.17, 15) is 14.4 Å². The maximum absolute atomic E-state index is 11.8. The highest BCUT2D eigenvalue weighted by atomic mass is 16.5. The minimum absolute atomic E-state index is 0.00568. The van der Waals surface area contributed by atoms with Gasteiger partial charge in [0.2, 0.25) is 5.91 Å². The third-order valence-corrected chi connectivity index (χ3v) is 3.90. The zero-order valence-electron chi connectivity index (χ0n) is 15.4. The van der Waals surface area contributed by atoms with Crippen molar-refractivity contribution in [2.45, 2.75) is 19.4 Å². The summed E-state index contributed by atoms with van der Waals surface area (Å²) in [7, 11) is 0. The van der Waals surface area contributed by atoms with E-state index in [1.807, 2.05) is 59.6 Å². The summed E-state index contributed by atoms with van der Waals surface area (Å²) in [5.41, 5.74) is 3.03. The highest BCUT2D eigenvalue weighted by Crippen LogP contribution is 2.13. The molecule has 0 bridgehead atoms. The van der Waals surface area contributed by atoms with Gasteiger partial charge < -0.3 is 4.74 Å². The molecule has 0 atom stereocenters. The molecule has 0 spiro atoms. The van der Waals surface area contributed by atoms with Crippen LogP contribution in [0.4, 0.5) is 0 Å². The second-order valence-corrected chi connectivity index (χ2v) is 6.09. The monoisotopic (exact) mass is 393 g/mol. The zero-order chi connectivity index (χ0) is 20.5. The van der Waals surface area contributed by atoms with Gasteiger partial charge in [-0.25, -0.2) is 15.3 Å². The Morgan fingerprint density at radius 2 is 1.86 bits per heavy atom. The number of aromatic nitrogens is 3. The van der Waals surface area contributed by atoms with Crippen molar-refractivity contribution in [3.8, 4) is 5.75 Å². The normalized spacial score (nSPS) is 10.8. The Labute approximate surface area is 165 Å². The van der Waals surface area contributed by atoms with Crippen molar-refractivity contribution in [3.63, 3.8) is 0 Å². The smallest absolute Gasteiger partial charge is 0.342 e. The summed E-state index contributed by atoms with van der Waals surface area (Å²) in [6.07, 6.45) is 1.59. The number of nitrogens with zero attached hydrogens (tertiary/aromatic N) is 2. The van der Waals surface area contributed by atoms with Gasteiger partial charge in [-0.1, -0.05) is 30.3 Å². The number of ether oxygens (including phenoxy) is 1. The van der Waals surface area contributed by atoms with Crippen LogP contribution >= 0.6 is 0 Å². The molecule has 0 aliphatic carbocycles. The van der Waals surface area contributed by atoms with Crippen molar-refractivity contribution in [1.82, 2.24) is 20.6 Å². The van der Waals surface area contributed by atoms with Gasteiger partial charge in [-0.2, -0.15) is 10.2 Å². The van der Waals surface area contributed by atoms with Gasteiger partial charge >= 0.3 is 5.69 Å². The van der Waals surface area contributed by atoms with E-state index in [-0.39, 0.29) is 24.4 Å². The molecule has 1 heterocycles. The van der Waals surface area contributed by atoms with E-state index < -0.39 is 11.2 Å². The molecule has 0 aliphatic rings. The van der Waals surface area contributed by atoms with Crippen molar-refractivity contribution in [1.29, 1.82) is 0 Å². The van der Waals surface area contributed by atoms with Gasteiger partial charge in [0.25, 0.3) is 5.56 Å². The standard InChI is InChI=1S/C20H19N5O4/c26-18(11-10-17-19(27)22-20(28)25-23-17)24-21-12-14-6-8-16(9-7-14)29-13-15-4-2-1-3-5-15/h1-9,12H,10-11,13H2,(H,24,26)(H2,22,25,27,28)/b21-12+. The third kappa shape index (κ3) is 6.28. The molecule has 29 heavy (non-hydrogen) atoms. The number of hydrogen-bond donors (Lipinski definition) is 3. The first kappa shape index (κ1) is 19.7. The van der Waals surface area contributed by atoms with Crippen LogP contribution in [-0.4, -0.2) is 27.3 Å². The Morgan fingerprint density at radius 3 is 2.59 bits per heavy atom. The van der Waals surface area contributed by atoms with Crippen LogP contribution in [0, 0.1) is 0 Å². The summed E-state index contributed by atoms with van der Waals surface area (Å²) in [4.78, 5) is 36.2. The first-order valence-corrected chi connectivity index (χ1v) is 8.87. The van der Waals surface area contributed by atoms with E-state index in [2.05, 4.69) is 20.7 Å². The van der Waals surface area contributed by atoms with E-state index in [1.165, 1.54) is 6.21 Å². The van der Waals surface area contributed by atoms with Crippen LogP contribution in [0.15, 0.2) is 69.3 Å². The molecule has 0 unspecified atom stereocenters. The fourth-order valence-electron chi connectivity index (χ4n) is 2.40. The summed E-state index contributed by atoms with van der Waals surface area (Å²) in [5, 5.41) is 9.61. The predicted octanol–water partition coefficient (Wildman–Crippen LogP) is 1.12. The average molecular weight is 393 g/mol. The molecule has 3 rings (SSSR count). The molecule has 0 aliphatic heterocycles. The van der Waals surface area contributed by atoms with Crippen molar-refractivity contribution in [2.75, 3.05) is 0 Å². The molecule has 0 saturated heterocycles. The Bertz CT molecular complexity index is 1090. The molecule has 3 aromatic rings. The van der Waals surface area contributed by atoms with Gasteiger partial charge in [-0.3, -0.25) is 14.6 Å². The van der Waals surface area contributed by atoms with Crippen LogP contribution in [0.2, 0.25) is 0 Å². The molecule has 1 amide bonds. The summed E-state index contributed by atoms with van der Waals surface area (Å²) in [6.45, 7) is 0.483. The number of hydrazone groups is 1. The van der Waals surface area contributed by atoms with Gasteiger partial charge in [-0.15, -0.1) is 0 Å². The van der Waals surface area contributed by atoms with Crippen molar-refractivity contribution >= 4 is 12.1 Å². The first-order chi connectivity index (χ1) is 14.1. The summed E-state index contributed by atoms with van der Waals surface area (Å²) in [5.74, 6) is 0.352. The number of carbonyl (C=O) groups excluding carboxylic acids is 1. The maximum atomic E-state index is 11.8. The third-order valence-electron chi connectivity index (χ3n) is 3.90. The second-order valence-electron chi connectivity index (χ2n) is 6.09. The molecule has 0 saturated carbocycles. The SMILES string of the molecule is O=C(CCc1n[nH]c(=O)[nH]c1=O)N/N=C/c1ccc(OCc2ccccc2)cc1. The number of hydrogen-bond acceptors (Lipinski definition) is 6. The summed E-state index contributed by atoms with van der Waals surface area (Å²) in [6, 6.07) is 17.1. The average Bonchev–Trinajstić information content (AvgIpc) is 2.73. The van der Waals surface area contributed by atoms with Gasteiger partial charge in [0.1, 0.15) is 18.1 Å². The lowest BCUT2D eigenvalue weighted by Gasteiger charge is -2.06. The van der Waals surface area contributed by atoms with Crippen molar-refractivity contribution in [3.05, 3.63) is 92.3 Å². The number of amides is 1. The number of rotatable bonds is 8. The van der Waals surface area contributed by atoms with Gasteiger partial charge in [0.15, 0.2) is 0 Å². The van der Waals surface area contributed by atoms with E-state index in [0.29, 0.717) is 6.61 Å². The molecule has 0 radical (unpaired) electrons. The first-order valence-electron chi connectivity index (χ1n) is 8.87. The zero-order valence-corrected chi connectivity index (χ0v) is 15.4. The summed E-state index contributed by atoms with van der Waals surface area (Å²) < 4.78 is 5.71. The minimum atomic E-state index is -0.690. The lowest BCUT2D eigenvalue weighted by atomic mass is 10.2. The lowest BCUT2D eigenvalue weighted by Crippen LogP contribution is -2.28. The van der Waals surface area contributed by atoms with Crippen LogP contribution in [-0.2, 0) is 17.8 Å². The lowest BCUT2D eigenvalue weighted by molar-refractivity contribution is -0.121. The number of benzene rings is 2. The molecular formula is C20H19N5O4. The number of nitrogens with one attached hydrogen (secondary N) is 3. The van der Waals surface area contributed by atoms with Crippen molar-refractivity contribution < 1.29 is 9.53 Å². The number of carbonyl (C=O) groups is 1. The van der Waals surface area contributed by atoms with E-state index in [4.69, 9.17) is 4.74 Å². The molecule has 0 fully saturated rings. The molecule has 9 nitrogen and oxygen atoms in total. The summed E-state index contributed by atoms with van der Waals surface area (Å²) >= 11 is 0. The Kier molecular flexibility index (Phi) is 6.66. The number of aromatic amines is 2. The molecule has 3 N–H and O–H groups in total. The van der Waals surface area contributed by atoms with Crippen LogP contribution in [0.1, 0.15) is 23.2 Å². The van der Waals surface area contributed by atoms with Gasteiger partial charge in [0.05, 0.1) is 6.21 Å². The highest BCUT2D eigenvalue weighted by molar-refractivity contribution is 5.82. The second kappa shape index (κ2) is 9.79. The Balaban J connectivity index is 1.44. The van der Waals surface area contributed by atoms with Gasteiger partial charge in [-0.05, 0) is 35.4 Å². The Hall–Kier alpha value is -4.01.